The SMILES string of the molecule is c1ccc(CCN2CCc3c(c4cccc5c4n3CCS5)C2)cc1. The van der Waals surface area contributed by atoms with E-state index in [1.54, 1.807) is 11.3 Å². The van der Waals surface area contributed by atoms with E-state index in [2.05, 4.69) is 58.0 Å². The lowest BCUT2D eigenvalue weighted by Gasteiger charge is -2.28. The fourth-order valence-corrected chi connectivity index (χ4v) is 5.28. The zero-order valence-electron chi connectivity index (χ0n) is 13.9. The van der Waals surface area contributed by atoms with Crippen LogP contribution in [-0.2, 0) is 25.9 Å². The number of rotatable bonds is 3. The van der Waals surface area contributed by atoms with Gasteiger partial charge >= 0.3 is 0 Å². The van der Waals surface area contributed by atoms with Gasteiger partial charge in [0.05, 0.1) is 5.52 Å². The molecule has 0 fully saturated rings. The number of nitrogens with zero attached hydrogens (tertiary/aromatic N) is 2. The van der Waals surface area contributed by atoms with Crippen LogP contribution in [0.15, 0.2) is 53.4 Å². The Morgan fingerprint density at radius 3 is 2.79 bits per heavy atom. The summed E-state index contributed by atoms with van der Waals surface area (Å²) in [5, 5.41) is 1.50. The van der Waals surface area contributed by atoms with Crippen molar-refractivity contribution in [3.05, 3.63) is 65.4 Å². The lowest BCUT2D eigenvalue weighted by atomic mass is 10.0. The molecule has 122 valence electrons. The molecule has 0 atom stereocenters. The number of aromatic nitrogens is 1. The van der Waals surface area contributed by atoms with Gasteiger partial charge < -0.3 is 4.57 Å². The summed E-state index contributed by atoms with van der Waals surface area (Å²) in [7, 11) is 0. The number of benzene rings is 2. The van der Waals surface area contributed by atoms with Gasteiger partial charge in [0.2, 0.25) is 0 Å². The first kappa shape index (κ1) is 14.6. The summed E-state index contributed by atoms with van der Waals surface area (Å²) in [5.74, 6) is 1.21. The minimum absolute atomic E-state index is 1.11. The van der Waals surface area contributed by atoms with Crippen LogP contribution >= 0.6 is 11.8 Å². The van der Waals surface area contributed by atoms with Gasteiger partial charge in [0, 0.05) is 54.3 Å². The Morgan fingerprint density at radius 1 is 0.958 bits per heavy atom. The van der Waals surface area contributed by atoms with Crippen LogP contribution in [0.25, 0.3) is 10.9 Å². The van der Waals surface area contributed by atoms with E-state index < -0.39 is 0 Å². The minimum Gasteiger partial charge on any atom is -0.342 e. The second-order valence-corrected chi connectivity index (χ2v) is 7.98. The fraction of sp³-hybridized carbons (Fsp3) is 0.333. The Kier molecular flexibility index (Phi) is 3.64. The van der Waals surface area contributed by atoms with Gasteiger partial charge in [0.25, 0.3) is 0 Å². The van der Waals surface area contributed by atoms with Crippen LogP contribution in [0.3, 0.4) is 0 Å². The zero-order valence-corrected chi connectivity index (χ0v) is 14.7. The smallest absolute Gasteiger partial charge is 0.0624 e. The summed E-state index contributed by atoms with van der Waals surface area (Å²) < 4.78 is 2.62. The van der Waals surface area contributed by atoms with E-state index >= 15 is 0 Å². The molecule has 0 aliphatic carbocycles. The molecule has 0 N–H and O–H groups in total. The molecule has 2 nitrogen and oxygen atoms in total. The molecular formula is C21H22N2S. The Balaban J connectivity index is 1.44. The van der Waals surface area contributed by atoms with Gasteiger partial charge in [-0.3, -0.25) is 4.90 Å². The number of thioether (sulfide) groups is 1. The lowest BCUT2D eigenvalue weighted by molar-refractivity contribution is 0.255. The highest BCUT2D eigenvalue weighted by molar-refractivity contribution is 7.99. The predicted octanol–water partition coefficient (Wildman–Crippen LogP) is 4.35. The van der Waals surface area contributed by atoms with Crippen molar-refractivity contribution < 1.29 is 0 Å². The quantitative estimate of drug-likeness (QED) is 0.704. The second kappa shape index (κ2) is 5.98. The summed E-state index contributed by atoms with van der Waals surface area (Å²) in [4.78, 5) is 4.11. The first-order valence-corrected chi connectivity index (χ1v) is 9.91. The van der Waals surface area contributed by atoms with Gasteiger partial charge in [-0.2, -0.15) is 0 Å². The maximum atomic E-state index is 2.64. The molecule has 0 saturated carbocycles. The van der Waals surface area contributed by atoms with Crippen molar-refractivity contribution in [1.29, 1.82) is 0 Å². The number of para-hydroxylation sites is 1. The number of hydrogen-bond acceptors (Lipinski definition) is 2. The van der Waals surface area contributed by atoms with Crippen LogP contribution in [0.1, 0.15) is 16.8 Å². The molecule has 2 aromatic carbocycles. The summed E-state index contributed by atoms with van der Waals surface area (Å²) in [6, 6.07) is 17.7. The zero-order chi connectivity index (χ0) is 15.9. The van der Waals surface area contributed by atoms with E-state index in [1.807, 2.05) is 11.8 Å². The standard InChI is InChI=1S/C21H22N2S/c1-2-5-16(6-3-1)9-11-22-12-10-19-18(15-22)17-7-4-8-20-21(17)23(19)13-14-24-20/h1-8H,9-15H2. The van der Waals surface area contributed by atoms with E-state index in [0.29, 0.717) is 0 Å². The number of hydrogen-bond donors (Lipinski definition) is 0. The van der Waals surface area contributed by atoms with E-state index in [0.717, 1.165) is 19.5 Å². The van der Waals surface area contributed by atoms with E-state index in [9.17, 15) is 0 Å². The van der Waals surface area contributed by atoms with Gasteiger partial charge in [-0.1, -0.05) is 42.5 Å². The molecule has 2 aliphatic heterocycles. The Bertz CT molecular complexity index is 882. The molecule has 2 aliphatic rings. The highest BCUT2D eigenvalue weighted by Crippen LogP contribution is 2.39. The minimum atomic E-state index is 1.11. The Labute approximate surface area is 147 Å². The fourth-order valence-electron chi connectivity index (χ4n) is 4.26. The van der Waals surface area contributed by atoms with Crippen LogP contribution in [-0.4, -0.2) is 28.3 Å². The Hall–Kier alpha value is -1.71. The topological polar surface area (TPSA) is 8.17 Å². The summed E-state index contributed by atoms with van der Waals surface area (Å²) in [5.41, 5.74) is 6.15. The highest BCUT2D eigenvalue weighted by atomic mass is 32.2. The first-order valence-electron chi connectivity index (χ1n) is 8.92. The van der Waals surface area contributed by atoms with Crippen molar-refractivity contribution in [3.8, 4) is 0 Å². The molecule has 1 aromatic heterocycles. The average Bonchev–Trinajstić information content (AvgIpc) is 2.97. The molecular weight excluding hydrogens is 312 g/mol. The maximum absolute atomic E-state index is 2.64. The molecule has 0 saturated heterocycles. The van der Waals surface area contributed by atoms with Crippen molar-refractivity contribution in [2.24, 2.45) is 0 Å². The first-order chi connectivity index (χ1) is 11.9. The van der Waals surface area contributed by atoms with Crippen molar-refractivity contribution >= 4 is 22.7 Å². The normalized spacial score (nSPS) is 17.2. The molecule has 3 aromatic rings. The molecule has 0 spiro atoms. The van der Waals surface area contributed by atoms with Crippen LogP contribution in [0.4, 0.5) is 0 Å². The lowest BCUT2D eigenvalue weighted by Crippen LogP contribution is -2.32. The van der Waals surface area contributed by atoms with Crippen molar-refractivity contribution in [1.82, 2.24) is 9.47 Å². The molecule has 24 heavy (non-hydrogen) atoms. The third kappa shape index (κ3) is 2.38. The van der Waals surface area contributed by atoms with Gasteiger partial charge in [0.15, 0.2) is 0 Å². The van der Waals surface area contributed by atoms with Crippen molar-refractivity contribution in [2.45, 2.75) is 30.8 Å². The van der Waals surface area contributed by atoms with E-state index in [1.165, 1.54) is 46.6 Å². The molecule has 0 bridgehead atoms. The monoisotopic (exact) mass is 334 g/mol. The van der Waals surface area contributed by atoms with Gasteiger partial charge in [0.1, 0.15) is 0 Å². The van der Waals surface area contributed by atoms with E-state index in [4.69, 9.17) is 0 Å². The maximum Gasteiger partial charge on any atom is 0.0624 e. The molecule has 5 rings (SSSR count). The van der Waals surface area contributed by atoms with Crippen molar-refractivity contribution in [3.63, 3.8) is 0 Å². The van der Waals surface area contributed by atoms with Crippen LogP contribution in [0, 0.1) is 0 Å². The second-order valence-electron chi connectivity index (χ2n) is 6.84. The largest absolute Gasteiger partial charge is 0.342 e. The highest BCUT2D eigenvalue weighted by Gasteiger charge is 2.26. The number of aryl methyl sites for hydroxylation is 1. The third-order valence-electron chi connectivity index (χ3n) is 5.45. The van der Waals surface area contributed by atoms with Crippen LogP contribution < -0.4 is 0 Å². The van der Waals surface area contributed by atoms with Crippen LogP contribution in [0.2, 0.25) is 0 Å². The summed E-state index contributed by atoms with van der Waals surface area (Å²) in [6.07, 6.45) is 2.35. The van der Waals surface area contributed by atoms with Gasteiger partial charge in [-0.15, -0.1) is 11.8 Å². The van der Waals surface area contributed by atoms with Crippen LogP contribution in [0.5, 0.6) is 0 Å². The van der Waals surface area contributed by atoms with Gasteiger partial charge in [-0.05, 0) is 23.6 Å². The summed E-state index contributed by atoms with van der Waals surface area (Å²) >= 11 is 2.02. The molecule has 3 heteroatoms. The third-order valence-corrected chi connectivity index (χ3v) is 6.47. The molecule has 0 amide bonds. The molecule has 0 radical (unpaired) electrons. The molecule has 3 heterocycles. The van der Waals surface area contributed by atoms with Crippen molar-refractivity contribution in [2.75, 3.05) is 18.8 Å². The van der Waals surface area contributed by atoms with E-state index in [-0.39, 0.29) is 0 Å². The predicted molar refractivity (Wildman–Crippen MR) is 102 cm³/mol. The Morgan fingerprint density at radius 2 is 1.88 bits per heavy atom. The number of fused-ring (bicyclic) bond motifs is 3. The van der Waals surface area contributed by atoms with Gasteiger partial charge in [-0.25, -0.2) is 0 Å². The molecule has 0 unspecified atom stereocenters. The average molecular weight is 334 g/mol. The summed E-state index contributed by atoms with van der Waals surface area (Å²) in [6.45, 7) is 4.64.